The molecule has 0 fully saturated rings. The van der Waals surface area contributed by atoms with Crippen molar-refractivity contribution in [1.82, 2.24) is 0 Å². The second-order valence-corrected chi connectivity index (χ2v) is 4.35. The fraction of sp³-hybridized carbons (Fsp3) is 0.750. The van der Waals surface area contributed by atoms with E-state index in [0.717, 1.165) is 21.7 Å². The van der Waals surface area contributed by atoms with Crippen LogP contribution in [0.25, 0.3) is 0 Å². The Labute approximate surface area is 72.1 Å². The summed E-state index contributed by atoms with van der Waals surface area (Å²) >= 11 is 6.02. The fourth-order valence-electron chi connectivity index (χ4n) is 0.944. The second-order valence-electron chi connectivity index (χ2n) is 2.69. The van der Waals surface area contributed by atoms with Crippen molar-refractivity contribution >= 4 is 21.8 Å². The molecule has 0 heterocycles. The third kappa shape index (κ3) is 4.12. The Morgan fingerprint density at radius 2 is 1.70 bits per heavy atom. The van der Waals surface area contributed by atoms with Gasteiger partial charge in [0, 0.05) is 15.3 Å². The molecule has 0 aliphatic rings. The van der Waals surface area contributed by atoms with Crippen LogP contribution in [0.1, 0.15) is 39.5 Å². The van der Waals surface area contributed by atoms with E-state index in [1.807, 2.05) is 0 Å². The van der Waals surface area contributed by atoms with Gasteiger partial charge in [0.15, 0.2) is 0 Å². The summed E-state index contributed by atoms with van der Waals surface area (Å²) < 4.78 is 0. The van der Waals surface area contributed by atoms with Gasteiger partial charge in [0.2, 0.25) is 0 Å². The summed E-state index contributed by atoms with van der Waals surface area (Å²) in [6.45, 7) is 4.37. The Morgan fingerprint density at radius 3 is 2.10 bits per heavy atom. The number of rotatable bonds is 4. The minimum Gasteiger partial charge on any atom is -0.0897 e. The zero-order valence-electron chi connectivity index (χ0n) is 7.21. The topological polar surface area (TPSA) is 0 Å². The minimum absolute atomic E-state index is 1.08. The maximum absolute atomic E-state index is 6.02. The van der Waals surface area contributed by atoms with Crippen LogP contribution in [-0.2, 0) is 0 Å². The van der Waals surface area contributed by atoms with Crippen LogP contribution < -0.4 is 0 Å². The normalized spacial score (nSPS) is 13.5. The lowest BCUT2D eigenvalue weighted by molar-refractivity contribution is 0.899. The van der Waals surface area contributed by atoms with Crippen LogP contribution in [0.2, 0.25) is 0 Å². The lowest BCUT2D eigenvalue weighted by Gasteiger charge is -2.01. The summed E-state index contributed by atoms with van der Waals surface area (Å²) in [7, 11) is 1.14. The number of hydrogen-bond donors (Lipinski definition) is 0. The zero-order chi connectivity index (χ0) is 7.98. The molecule has 0 radical (unpaired) electrons. The average Bonchev–Trinajstić information content (AvgIpc) is 1.89. The maximum atomic E-state index is 6.02. The molecule has 0 unspecified atom stereocenters. The average molecular weight is 177 g/mol. The van der Waals surface area contributed by atoms with Crippen LogP contribution in [0.15, 0.2) is 10.2 Å². The van der Waals surface area contributed by atoms with E-state index in [4.69, 9.17) is 11.6 Å². The Morgan fingerprint density at radius 1 is 1.20 bits per heavy atom. The van der Waals surface area contributed by atoms with Gasteiger partial charge in [-0.15, -0.1) is 0 Å². The molecule has 0 rings (SSSR count). The summed E-state index contributed by atoms with van der Waals surface area (Å²) in [6.07, 6.45) is 4.71. The highest BCUT2D eigenvalue weighted by atomic mass is 35.5. The smallest absolute Gasteiger partial charge is 0.0348 e. The monoisotopic (exact) mass is 176 g/mol. The van der Waals surface area contributed by atoms with Gasteiger partial charge in [0.25, 0.3) is 0 Å². The molecular weight excluding hydrogens is 160 g/mol. The van der Waals surface area contributed by atoms with Crippen molar-refractivity contribution < 1.29 is 0 Å². The first-order chi connectivity index (χ1) is 4.72. The molecule has 0 aliphatic carbocycles. The Kier molecular flexibility index (Phi) is 6.14. The van der Waals surface area contributed by atoms with Crippen molar-refractivity contribution in [2.45, 2.75) is 39.5 Å². The third-order valence-corrected chi connectivity index (χ3v) is 3.49. The van der Waals surface area contributed by atoms with E-state index in [0.29, 0.717) is 0 Å². The molecule has 10 heavy (non-hydrogen) atoms. The molecule has 0 amide bonds. The molecule has 0 saturated carbocycles. The van der Waals surface area contributed by atoms with Crippen LogP contribution in [0.5, 0.6) is 0 Å². The highest BCUT2D eigenvalue weighted by molar-refractivity contribution is 6.36. The predicted octanol–water partition coefficient (Wildman–Crippen LogP) is 2.40. The predicted molar refractivity (Wildman–Crippen MR) is 52.6 cm³/mol. The van der Waals surface area contributed by atoms with Crippen LogP contribution in [0, 0.1) is 0 Å². The fourth-order valence-corrected chi connectivity index (χ4v) is 1.98. The van der Waals surface area contributed by atoms with Crippen molar-refractivity contribution in [2.75, 3.05) is 0 Å². The van der Waals surface area contributed by atoms with Crippen LogP contribution in [0.4, 0.5) is 0 Å². The van der Waals surface area contributed by atoms with E-state index in [-0.39, 0.29) is 0 Å². The Balaban J connectivity index is 3.79. The first-order valence-electron chi connectivity index (χ1n) is 4.06. The van der Waals surface area contributed by atoms with Crippen molar-refractivity contribution in [3.8, 4) is 0 Å². The standard InChI is InChI=1S/C8H17ClSi/c1-3-5-7(9)8(10)6-4-2/h3-6H2,1-2,10H3. The minimum atomic E-state index is 1.08. The molecule has 0 aromatic heterocycles. The molecule has 0 aromatic rings. The van der Waals surface area contributed by atoms with Gasteiger partial charge in [0.05, 0.1) is 0 Å². The molecule has 0 aromatic carbocycles. The largest absolute Gasteiger partial charge is 0.0897 e. The van der Waals surface area contributed by atoms with E-state index in [1.54, 1.807) is 0 Å². The van der Waals surface area contributed by atoms with Gasteiger partial charge in [0.1, 0.15) is 0 Å². The first kappa shape index (κ1) is 10.2. The lowest BCUT2D eigenvalue weighted by atomic mass is 10.2. The van der Waals surface area contributed by atoms with Crippen molar-refractivity contribution in [2.24, 2.45) is 0 Å². The van der Waals surface area contributed by atoms with Gasteiger partial charge in [-0.05, 0) is 12.8 Å². The van der Waals surface area contributed by atoms with Gasteiger partial charge in [-0.3, -0.25) is 0 Å². The number of halogens is 1. The zero-order valence-corrected chi connectivity index (χ0v) is 9.96. The van der Waals surface area contributed by atoms with E-state index in [1.165, 1.54) is 24.5 Å². The van der Waals surface area contributed by atoms with E-state index < -0.39 is 0 Å². The summed E-state index contributed by atoms with van der Waals surface area (Å²) in [6, 6.07) is 0. The van der Waals surface area contributed by atoms with Gasteiger partial charge in [-0.1, -0.05) is 43.5 Å². The van der Waals surface area contributed by atoms with E-state index in [9.17, 15) is 0 Å². The molecule has 0 nitrogen and oxygen atoms in total. The van der Waals surface area contributed by atoms with E-state index >= 15 is 0 Å². The molecule has 0 N–H and O–H groups in total. The van der Waals surface area contributed by atoms with Crippen LogP contribution in [0.3, 0.4) is 0 Å². The second kappa shape index (κ2) is 5.99. The number of allylic oxidation sites excluding steroid dienone is 2. The lowest BCUT2D eigenvalue weighted by Crippen LogP contribution is -1.85. The van der Waals surface area contributed by atoms with E-state index in [2.05, 4.69) is 13.8 Å². The highest BCUT2D eigenvalue weighted by Crippen LogP contribution is 2.16. The SMILES string of the molecule is CCCC([SiH3])=C(Cl)CCC. The summed E-state index contributed by atoms with van der Waals surface area (Å²) in [4.78, 5) is 0. The van der Waals surface area contributed by atoms with Crippen molar-refractivity contribution in [3.63, 3.8) is 0 Å². The highest BCUT2D eigenvalue weighted by Gasteiger charge is 1.95. The van der Waals surface area contributed by atoms with Gasteiger partial charge < -0.3 is 0 Å². The molecule has 0 aliphatic heterocycles. The Hall–Kier alpha value is 0.247. The third-order valence-electron chi connectivity index (χ3n) is 1.56. The van der Waals surface area contributed by atoms with Crippen molar-refractivity contribution in [1.29, 1.82) is 0 Å². The van der Waals surface area contributed by atoms with Crippen LogP contribution >= 0.6 is 11.6 Å². The molecule has 0 atom stereocenters. The summed E-state index contributed by atoms with van der Waals surface area (Å²) in [5, 5.41) is 2.64. The van der Waals surface area contributed by atoms with Crippen molar-refractivity contribution in [3.05, 3.63) is 10.2 Å². The molecule has 0 spiro atoms. The molecule has 0 bridgehead atoms. The molecule has 2 heteroatoms. The van der Waals surface area contributed by atoms with Crippen LogP contribution in [-0.4, -0.2) is 10.2 Å². The first-order valence-corrected chi connectivity index (χ1v) is 5.44. The molecular formula is C8H17ClSi. The molecule has 0 saturated heterocycles. The summed E-state index contributed by atoms with van der Waals surface area (Å²) in [5.74, 6) is 0. The maximum Gasteiger partial charge on any atom is 0.0348 e. The summed E-state index contributed by atoms with van der Waals surface area (Å²) in [5.41, 5.74) is 0. The van der Waals surface area contributed by atoms with Gasteiger partial charge in [-0.25, -0.2) is 0 Å². The number of hydrogen-bond acceptors (Lipinski definition) is 0. The Bertz CT molecular complexity index is 104. The van der Waals surface area contributed by atoms with Gasteiger partial charge >= 0.3 is 0 Å². The molecule has 60 valence electrons. The van der Waals surface area contributed by atoms with Gasteiger partial charge in [-0.2, -0.15) is 0 Å². The quantitative estimate of drug-likeness (QED) is 0.578.